The lowest BCUT2D eigenvalue weighted by Gasteiger charge is -2.15. The fourth-order valence-corrected chi connectivity index (χ4v) is 3.20. The van der Waals surface area contributed by atoms with E-state index in [1.165, 1.54) is 0 Å². The van der Waals surface area contributed by atoms with Crippen LogP contribution in [0.25, 0.3) is 28.3 Å². The van der Waals surface area contributed by atoms with Crippen molar-refractivity contribution in [2.45, 2.75) is 46.7 Å². The molecule has 4 aromatic heterocycles. The number of imidazole rings is 1. The molecule has 28 heavy (non-hydrogen) atoms. The third-order valence-corrected chi connectivity index (χ3v) is 4.71. The topological polar surface area (TPSA) is 98.7 Å². The minimum Gasteiger partial charge on any atom is -0.285 e. The summed E-state index contributed by atoms with van der Waals surface area (Å²) in [5, 5.41) is 16.0. The Bertz CT molecular complexity index is 1150. The summed E-state index contributed by atoms with van der Waals surface area (Å²) in [6.45, 7) is 9.13. The first-order chi connectivity index (χ1) is 13.5. The molecule has 0 fully saturated rings. The van der Waals surface area contributed by atoms with Crippen LogP contribution in [0.4, 0.5) is 0 Å². The van der Waals surface area contributed by atoms with Crippen LogP contribution in [0.15, 0.2) is 35.8 Å². The van der Waals surface area contributed by atoms with Gasteiger partial charge in [0.15, 0.2) is 5.82 Å². The molecule has 0 aliphatic heterocycles. The van der Waals surface area contributed by atoms with Gasteiger partial charge in [0.05, 0.1) is 29.8 Å². The van der Waals surface area contributed by atoms with Crippen molar-refractivity contribution in [1.29, 1.82) is 0 Å². The Labute approximate surface area is 162 Å². The van der Waals surface area contributed by atoms with Crippen molar-refractivity contribution in [2.24, 2.45) is 5.92 Å². The summed E-state index contributed by atoms with van der Waals surface area (Å²) in [6, 6.07) is -0.0620. The van der Waals surface area contributed by atoms with E-state index in [0.29, 0.717) is 23.1 Å². The van der Waals surface area contributed by atoms with E-state index in [-0.39, 0.29) is 11.6 Å². The zero-order valence-electron chi connectivity index (χ0n) is 16.5. The highest BCUT2D eigenvalue weighted by molar-refractivity contribution is 5.62. The number of hydrogen-bond acceptors (Lipinski definition) is 5. The molecule has 0 saturated heterocycles. The molecule has 0 radical (unpaired) electrons. The van der Waals surface area contributed by atoms with Gasteiger partial charge >= 0.3 is 0 Å². The minimum atomic E-state index is -0.176. The lowest BCUT2D eigenvalue weighted by molar-refractivity contribution is 0.487. The monoisotopic (exact) mass is 380 g/mol. The predicted molar refractivity (Wildman–Crippen MR) is 106 cm³/mol. The highest BCUT2D eigenvalue weighted by Crippen LogP contribution is 2.22. The molecule has 9 nitrogen and oxygen atoms in total. The Morgan fingerprint density at radius 3 is 2.61 bits per heavy atom. The molecule has 0 spiro atoms. The van der Waals surface area contributed by atoms with E-state index < -0.39 is 0 Å². The zero-order valence-corrected chi connectivity index (χ0v) is 16.5. The normalized spacial score (nSPS) is 11.9. The molecule has 0 unspecified atom stereocenters. The number of aromatic amines is 1. The smallest absolute Gasteiger partial charge is 0.285 e. The second-order valence-electron chi connectivity index (χ2n) is 7.63. The number of aryl methyl sites for hydroxylation is 1. The van der Waals surface area contributed by atoms with Crippen LogP contribution >= 0.6 is 0 Å². The number of fused-ring (bicyclic) bond motifs is 1. The molecule has 0 atom stereocenters. The van der Waals surface area contributed by atoms with E-state index in [4.69, 9.17) is 5.10 Å². The molecule has 4 rings (SSSR count). The third-order valence-electron chi connectivity index (χ3n) is 4.71. The predicted octanol–water partition coefficient (Wildman–Crippen LogP) is 2.77. The first-order valence-electron chi connectivity index (χ1n) is 9.48. The van der Waals surface area contributed by atoms with Crippen LogP contribution in [0.1, 0.15) is 40.2 Å². The summed E-state index contributed by atoms with van der Waals surface area (Å²) in [6.07, 6.45) is 9.84. The molecule has 4 aromatic rings. The van der Waals surface area contributed by atoms with Gasteiger partial charge in [0, 0.05) is 30.5 Å². The van der Waals surface area contributed by atoms with Gasteiger partial charge in [-0.25, -0.2) is 9.50 Å². The summed E-state index contributed by atoms with van der Waals surface area (Å²) < 4.78 is 5.17. The largest absolute Gasteiger partial charge is 0.297 e. The fourth-order valence-electron chi connectivity index (χ4n) is 3.20. The average molecular weight is 380 g/mol. The van der Waals surface area contributed by atoms with Gasteiger partial charge in [-0.3, -0.25) is 19.1 Å². The van der Waals surface area contributed by atoms with Gasteiger partial charge in [-0.1, -0.05) is 13.8 Å². The van der Waals surface area contributed by atoms with E-state index in [1.54, 1.807) is 33.9 Å². The van der Waals surface area contributed by atoms with Crippen LogP contribution in [0.3, 0.4) is 0 Å². The number of H-pyrrole nitrogens is 1. The molecule has 0 aromatic carbocycles. The minimum absolute atomic E-state index is 0.0620. The average Bonchev–Trinajstić information content (AvgIpc) is 3.38. The Kier molecular flexibility index (Phi) is 4.58. The second-order valence-corrected chi connectivity index (χ2v) is 7.63. The van der Waals surface area contributed by atoms with Crippen molar-refractivity contribution >= 4 is 5.65 Å². The van der Waals surface area contributed by atoms with Crippen molar-refractivity contribution in [3.05, 3.63) is 41.3 Å². The van der Waals surface area contributed by atoms with Gasteiger partial charge in [0.1, 0.15) is 0 Å². The fraction of sp³-hybridized carbons (Fsp3) is 0.421. The van der Waals surface area contributed by atoms with Crippen molar-refractivity contribution in [2.75, 3.05) is 0 Å². The number of aromatic nitrogens is 8. The van der Waals surface area contributed by atoms with E-state index in [2.05, 4.69) is 34.1 Å². The molecule has 146 valence electrons. The number of rotatable bonds is 6. The van der Waals surface area contributed by atoms with Crippen molar-refractivity contribution < 1.29 is 0 Å². The maximum absolute atomic E-state index is 13.2. The molecule has 0 aliphatic carbocycles. The third kappa shape index (κ3) is 3.12. The molecule has 0 aliphatic rings. The number of nitrogens with zero attached hydrogens (tertiary/aromatic N) is 7. The molecule has 4 heterocycles. The van der Waals surface area contributed by atoms with E-state index in [1.807, 2.05) is 24.7 Å². The molecule has 1 N–H and O–H groups in total. The number of hydrogen-bond donors (Lipinski definition) is 1. The Morgan fingerprint density at radius 1 is 1.11 bits per heavy atom. The maximum atomic E-state index is 13.2. The van der Waals surface area contributed by atoms with Crippen molar-refractivity contribution in [3.63, 3.8) is 0 Å². The Morgan fingerprint density at radius 2 is 1.93 bits per heavy atom. The molecular weight excluding hydrogens is 356 g/mol. The summed E-state index contributed by atoms with van der Waals surface area (Å²) in [5.74, 6) is 1.17. The van der Waals surface area contributed by atoms with Crippen molar-refractivity contribution in [3.8, 4) is 22.6 Å². The van der Waals surface area contributed by atoms with Gasteiger partial charge in [-0.15, -0.1) is 5.10 Å². The second kappa shape index (κ2) is 7.06. The van der Waals surface area contributed by atoms with Gasteiger partial charge in [0.25, 0.3) is 5.56 Å². The van der Waals surface area contributed by atoms with Crippen LogP contribution in [0.5, 0.6) is 0 Å². The SMILES string of the molecule is CC(C)CCn1cc(-c2nn3c(-c4cn[nH]c4)cnc3c(=O)n2C(C)C)cn1. The highest BCUT2D eigenvalue weighted by atomic mass is 16.1. The van der Waals surface area contributed by atoms with Gasteiger partial charge in [-0.2, -0.15) is 10.2 Å². The van der Waals surface area contributed by atoms with Gasteiger partial charge < -0.3 is 0 Å². The molecule has 0 bridgehead atoms. The van der Waals surface area contributed by atoms with Crippen LogP contribution < -0.4 is 5.56 Å². The maximum Gasteiger partial charge on any atom is 0.297 e. The summed E-state index contributed by atoms with van der Waals surface area (Å²) in [7, 11) is 0. The van der Waals surface area contributed by atoms with E-state index in [0.717, 1.165) is 24.1 Å². The molecular formula is C19H24N8O. The van der Waals surface area contributed by atoms with Crippen LogP contribution in [-0.2, 0) is 6.54 Å². The molecule has 0 amide bonds. The summed E-state index contributed by atoms with van der Waals surface area (Å²) in [4.78, 5) is 17.5. The van der Waals surface area contributed by atoms with Crippen LogP contribution in [0.2, 0.25) is 0 Å². The number of nitrogens with one attached hydrogen (secondary N) is 1. The van der Waals surface area contributed by atoms with Crippen LogP contribution in [-0.4, -0.2) is 39.1 Å². The lowest BCUT2D eigenvalue weighted by Crippen LogP contribution is -2.27. The van der Waals surface area contributed by atoms with Crippen molar-refractivity contribution in [1.82, 2.24) is 39.1 Å². The van der Waals surface area contributed by atoms with E-state index in [9.17, 15) is 4.79 Å². The first kappa shape index (κ1) is 18.1. The van der Waals surface area contributed by atoms with Crippen LogP contribution in [0, 0.1) is 5.92 Å². The summed E-state index contributed by atoms with van der Waals surface area (Å²) in [5.41, 5.74) is 2.46. The van der Waals surface area contributed by atoms with Gasteiger partial charge in [-0.05, 0) is 26.2 Å². The lowest BCUT2D eigenvalue weighted by atomic mass is 10.1. The Hall–Kier alpha value is -3.23. The van der Waals surface area contributed by atoms with Gasteiger partial charge in [0.2, 0.25) is 5.65 Å². The quantitative estimate of drug-likeness (QED) is 0.554. The standard InChI is InChI=1S/C19H24N8O/c1-12(2)5-6-25-11-15(9-23-25)17-24-27-16(14-7-21-22-8-14)10-20-18(27)19(28)26(17)13(3)4/h7-13H,5-6H2,1-4H3,(H,21,22). The zero-order chi connectivity index (χ0) is 19.8. The highest BCUT2D eigenvalue weighted by Gasteiger charge is 2.20. The first-order valence-corrected chi connectivity index (χ1v) is 9.48. The molecule has 9 heteroatoms. The Balaban J connectivity index is 1.88. The summed E-state index contributed by atoms with van der Waals surface area (Å²) >= 11 is 0. The van der Waals surface area contributed by atoms with E-state index >= 15 is 0 Å². The molecule has 0 saturated carbocycles.